The third-order valence-electron chi connectivity index (χ3n) is 3.99. The number of carbonyl (C=O) groups is 1. The van der Waals surface area contributed by atoms with Gasteiger partial charge < -0.3 is 9.84 Å². The van der Waals surface area contributed by atoms with Gasteiger partial charge in [0.2, 0.25) is 10.0 Å². The molecule has 1 aliphatic carbocycles. The van der Waals surface area contributed by atoms with Gasteiger partial charge in [0, 0.05) is 11.4 Å². The van der Waals surface area contributed by atoms with E-state index in [-0.39, 0.29) is 17.4 Å². The highest BCUT2D eigenvalue weighted by Crippen LogP contribution is 2.57. The van der Waals surface area contributed by atoms with E-state index in [4.69, 9.17) is 9.84 Å². The molecule has 3 fully saturated rings. The Morgan fingerprint density at radius 1 is 1.50 bits per heavy atom. The lowest BCUT2D eigenvalue weighted by molar-refractivity contribution is -0.153. The van der Waals surface area contributed by atoms with Gasteiger partial charge in [-0.05, 0) is 31.9 Å². The number of hydrogen-bond acceptors (Lipinski definition) is 5. The number of hydrogen-bond donors (Lipinski definition) is 2. The lowest BCUT2D eigenvalue weighted by Gasteiger charge is -2.41. The molecule has 3 heterocycles. The van der Waals surface area contributed by atoms with Crippen molar-refractivity contribution >= 4 is 27.3 Å². The molecule has 0 spiro atoms. The second-order valence-corrected chi connectivity index (χ2v) is 8.88. The molecule has 0 aromatic carbocycles. The van der Waals surface area contributed by atoms with Crippen LogP contribution in [0.5, 0.6) is 0 Å². The first-order valence-corrected chi connectivity index (χ1v) is 8.51. The van der Waals surface area contributed by atoms with E-state index >= 15 is 0 Å². The molecule has 1 saturated carbocycles. The number of aryl methyl sites for hydroxylation is 1. The molecule has 1 aromatic heterocycles. The Morgan fingerprint density at radius 2 is 2.20 bits per heavy atom. The van der Waals surface area contributed by atoms with Crippen molar-refractivity contribution in [1.29, 1.82) is 0 Å². The van der Waals surface area contributed by atoms with E-state index < -0.39 is 27.0 Å². The van der Waals surface area contributed by atoms with E-state index in [1.807, 2.05) is 6.92 Å². The summed E-state index contributed by atoms with van der Waals surface area (Å²) < 4.78 is 32.5. The Hall–Kier alpha value is -0.960. The van der Waals surface area contributed by atoms with Gasteiger partial charge in [0.15, 0.2) is 0 Å². The highest BCUT2D eigenvalue weighted by molar-refractivity contribution is 7.91. The highest BCUT2D eigenvalue weighted by atomic mass is 32.2. The van der Waals surface area contributed by atoms with E-state index in [1.54, 1.807) is 12.1 Å². The minimum Gasteiger partial charge on any atom is -0.481 e. The number of ether oxygens (including phenoxy) is 1. The van der Waals surface area contributed by atoms with Gasteiger partial charge in [-0.25, -0.2) is 13.1 Å². The summed E-state index contributed by atoms with van der Waals surface area (Å²) in [5.41, 5.74) is -1.44. The first-order valence-electron chi connectivity index (χ1n) is 6.21. The molecule has 2 saturated heterocycles. The Bertz CT molecular complexity index is 657. The maximum atomic E-state index is 12.1. The molecule has 2 N–H and O–H groups in total. The first-order chi connectivity index (χ1) is 9.27. The number of carboxylic acids is 1. The van der Waals surface area contributed by atoms with Crippen molar-refractivity contribution in [1.82, 2.24) is 4.72 Å². The van der Waals surface area contributed by atoms with Crippen LogP contribution < -0.4 is 4.72 Å². The Morgan fingerprint density at radius 3 is 2.70 bits per heavy atom. The summed E-state index contributed by atoms with van der Waals surface area (Å²) in [7, 11) is -3.54. The van der Waals surface area contributed by atoms with Crippen LogP contribution in [-0.4, -0.2) is 38.2 Å². The fourth-order valence-electron chi connectivity index (χ4n) is 2.92. The predicted molar refractivity (Wildman–Crippen MR) is 72.2 cm³/mol. The van der Waals surface area contributed by atoms with Crippen LogP contribution in [0.25, 0.3) is 0 Å². The van der Waals surface area contributed by atoms with Gasteiger partial charge in [-0.1, -0.05) is 0 Å². The second kappa shape index (κ2) is 4.27. The molecular formula is C12H15NO5S2. The number of nitrogens with one attached hydrogen (secondary N) is 1. The fraction of sp³-hybridized carbons (Fsp3) is 0.583. The van der Waals surface area contributed by atoms with Gasteiger partial charge in [0.1, 0.15) is 4.21 Å². The zero-order valence-corrected chi connectivity index (χ0v) is 12.5. The molecule has 4 rings (SSSR count). The number of carboxylic acid groups (broad SMARTS) is 1. The van der Waals surface area contributed by atoms with Crippen molar-refractivity contribution in [3.63, 3.8) is 0 Å². The van der Waals surface area contributed by atoms with Gasteiger partial charge in [-0.15, -0.1) is 11.3 Å². The zero-order valence-electron chi connectivity index (χ0n) is 10.9. The average Bonchev–Trinajstić information content (AvgIpc) is 2.98. The fourth-order valence-corrected chi connectivity index (χ4v) is 5.36. The normalized spacial score (nSPS) is 32.0. The number of sulfonamides is 1. The van der Waals surface area contributed by atoms with Crippen LogP contribution in [0.1, 0.15) is 17.7 Å². The van der Waals surface area contributed by atoms with Crippen molar-refractivity contribution in [2.24, 2.45) is 5.41 Å². The largest absolute Gasteiger partial charge is 0.481 e. The molecule has 0 radical (unpaired) electrons. The predicted octanol–water partition coefficient (Wildman–Crippen LogP) is 0.969. The molecule has 2 bridgehead atoms. The summed E-state index contributed by atoms with van der Waals surface area (Å²) in [4.78, 5) is 12.0. The SMILES string of the molecule is Cc1ccc(S(=O)(=O)NCC23CC(C(=O)O)(CO2)C3)s1. The molecular weight excluding hydrogens is 302 g/mol. The smallest absolute Gasteiger partial charge is 0.312 e. The molecule has 8 heteroatoms. The number of thiophene rings is 1. The molecule has 0 amide bonds. The van der Waals surface area contributed by atoms with Crippen LogP contribution in [0.4, 0.5) is 0 Å². The van der Waals surface area contributed by atoms with Crippen LogP contribution >= 0.6 is 11.3 Å². The van der Waals surface area contributed by atoms with Gasteiger partial charge >= 0.3 is 5.97 Å². The standard InChI is InChI=1S/C12H15NO5S2/c1-8-2-3-9(19-8)20(16,17)13-6-12-4-11(5-12,7-18-12)10(14)15/h2-3,13H,4-7H2,1H3,(H,14,15). The molecule has 0 atom stereocenters. The monoisotopic (exact) mass is 317 g/mol. The lowest BCUT2D eigenvalue weighted by atomic mass is 9.62. The Kier molecular flexibility index (Phi) is 2.99. The van der Waals surface area contributed by atoms with Crippen LogP contribution in [-0.2, 0) is 19.6 Å². The zero-order chi connectivity index (χ0) is 14.6. The van der Waals surface area contributed by atoms with Crippen molar-refractivity contribution in [2.45, 2.75) is 29.6 Å². The quantitative estimate of drug-likeness (QED) is 0.844. The van der Waals surface area contributed by atoms with Crippen LogP contribution in [0, 0.1) is 12.3 Å². The lowest BCUT2D eigenvalue weighted by Crippen LogP contribution is -2.54. The van der Waals surface area contributed by atoms with Gasteiger partial charge in [-0.3, -0.25) is 4.79 Å². The molecule has 1 aromatic rings. The average molecular weight is 317 g/mol. The summed E-state index contributed by atoms with van der Waals surface area (Å²) in [6.07, 6.45) is 0.753. The number of fused-ring (bicyclic) bond motifs is 1. The Labute approximate surface area is 120 Å². The van der Waals surface area contributed by atoms with E-state index in [2.05, 4.69) is 4.72 Å². The van der Waals surface area contributed by atoms with Crippen molar-refractivity contribution in [3.8, 4) is 0 Å². The van der Waals surface area contributed by atoms with Crippen molar-refractivity contribution in [3.05, 3.63) is 17.0 Å². The molecule has 2 aliphatic heterocycles. The molecule has 20 heavy (non-hydrogen) atoms. The third-order valence-corrected chi connectivity index (χ3v) is 6.89. The minimum atomic E-state index is -3.54. The molecule has 6 nitrogen and oxygen atoms in total. The summed E-state index contributed by atoms with van der Waals surface area (Å²) in [5.74, 6) is -0.859. The topological polar surface area (TPSA) is 92.7 Å². The third kappa shape index (κ3) is 2.07. The van der Waals surface area contributed by atoms with Gasteiger partial charge in [-0.2, -0.15) is 0 Å². The Balaban J connectivity index is 1.66. The van der Waals surface area contributed by atoms with Crippen molar-refractivity contribution < 1.29 is 23.1 Å². The van der Waals surface area contributed by atoms with Crippen LogP contribution in [0.2, 0.25) is 0 Å². The summed E-state index contributed by atoms with van der Waals surface area (Å²) in [6.45, 7) is 2.14. The summed E-state index contributed by atoms with van der Waals surface area (Å²) in [6, 6.07) is 3.32. The maximum Gasteiger partial charge on any atom is 0.312 e. The highest BCUT2D eigenvalue weighted by Gasteiger charge is 2.66. The first kappa shape index (κ1) is 14.0. The summed E-state index contributed by atoms with van der Waals surface area (Å²) in [5, 5.41) is 9.12. The number of rotatable bonds is 5. The van der Waals surface area contributed by atoms with Crippen LogP contribution in [0.15, 0.2) is 16.3 Å². The maximum absolute atomic E-state index is 12.1. The number of aliphatic carboxylic acids is 1. The molecule has 3 aliphatic rings. The van der Waals surface area contributed by atoms with E-state index in [1.165, 1.54) is 11.3 Å². The van der Waals surface area contributed by atoms with E-state index in [0.29, 0.717) is 12.8 Å². The minimum absolute atomic E-state index is 0.126. The molecule has 0 unspecified atom stereocenters. The summed E-state index contributed by atoms with van der Waals surface area (Å²) >= 11 is 1.21. The van der Waals surface area contributed by atoms with Gasteiger partial charge in [0.25, 0.3) is 0 Å². The van der Waals surface area contributed by atoms with Gasteiger partial charge in [0.05, 0.1) is 17.6 Å². The molecule has 110 valence electrons. The van der Waals surface area contributed by atoms with Crippen LogP contribution in [0.3, 0.4) is 0 Å². The van der Waals surface area contributed by atoms with E-state index in [0.717, 1.165) is 4.88 Å². The van der Waals surface area contributed by atoms with Crippen molar-refractivity contribution in [2.75, 3.05) is 13.2 Å². The second-order valence-electron chi connectivity index (χ2n) is 5.60. The van der Waals surface area contributed by atoms with E-state index in [9.17, 15) is 13.2 Å².